The lowest BCUT2D eigenvalue weighted by Gasteiger charge is -2.26. The quantitative estimate of drug-likeness (QED) is 0.528. The van der Waals surface area contributed by atoms with Crippen molar-refractivity contribution >= 4 is 21.7 Å². The summed E-state index contributed by atoms with van der Waals surface area (Å²) in [5.41, 5.74) is 1.07. The number of hydrogen-bond donors (Lipinski definition) is 2. The number of nitrogens with zero attached hydrogens (tertiary/aromatic N) is 2. The average Bonchev–Trinajstić information content (AvgIpc) is 3.21. The molecule has 0 bridgehead atoms. The van der Waals surface area contributed by atoms with Crippen molar-refractivity contribution in [3.63, 3.8) is 0 Å². The van der Waals surface area contributed by atoms with Gasteiger partial charge in [-0.1, -0.05) is 31.4 Å². The van der Waals surface area contributed by atoms with Crippen molar-refractivity contribution in [3.05, 3.63) is 29.8 Å². The van der Waals surface area contributed by atoms with Crippen LogP contribution in [0.2, 0.25) is 0 Å². The molecule has 1 atom stereocenters. The third kappa shape index (κ3) is 6.20. The number of guanidine groups is 1. The van der Waals surface area contributed by atoms with Gasteiger partial charge in [0.1, 0.15) is 0 Å². The summed E-state index contributed by atoms with van der Waals surface area (Å²) in [6.07, 6.45) is 8.63. The lowest BCUT2D eigenvalue weighted by Crippen LogP contribution is -2.46. The van der Waals surface area contributed by atoms with E-state index >= 15 is 0 Å². The Morgan fingerprint density at radius 1 is 1.13 bits per heavy atom. The van der Waals surface area contributed by atoms with Crippen LogP contribution in [0.15, 0.2) is 34.2 Å². The number of benzene rings is 1. The van der Waals surface area contributed by atoms with Gasteiger partial charge in [0.05, 0.1) is 4.90 Å². The highest BCUT2D eigenvalue weighted by Gasteiger charge is 2.31. The summed E-state index contributed by atoms with van der Waals surface area (Å²) in [6, 6.07) is 7.21. The highest BCUT2D eigenvalue weighted by atomic mass is 32.2. The van der Waals surface area contributed by atoms with Crippen LogP contribution in [0.4, 0.5) is 0 Å². The van der Waals surface area contributed by atoms with Gasteiger partial charge in [0.2, 0.25) is 5.91 Å². The van der Waals surface area contributed by atoms with Crippen molar-refractivity contribution in [2.75, 3.05) is 32.9 Å². The van der Waals surface area contributed by atoms with Gasteiger partial charge in [-0.2, -0.15) is 0 Å². The SMILES string of the molecule is CN=C(NCCc1ccc(S(C)(=O)=O)cc1)NC1CCN(C(=O)C2CCCCC2)C1. The second-order valence-electron chi connectivity index (χ2n) is 8.41. The number of carbonyl (C=O) groups excluding carboxylic acids is 1. The van der Waals surface area contributed by atoms with Gasteiger partial charge in [-0.3, -0.25) is 9.79 Å². The predicted octanol–water partition coefficient (Wildman–Crippen LogP) is 1.98. The Balaban J connectivity index is 1.42. The molecule has 1 aromatic rings. The topological polar surface area (TPSA) is 90.9 Å². The molecule has 1 heterocycles. The van der Waals surface area contributed by atoms with E-state index in [0.29, 0.717) is 17.3 Å². The van der Waals surface area contributed by atoms with Gasteiger partial charge >= 0.3 is 0 Å². The Morgan fingerprint density at radius 2 is 1.83 bits per heavy atom. The molecule has 2 fully saturated rings. The van der Waals surface area contributed by atoms with Gasteiger partial charge < -0.3 is 15.5 Å². The van der Waals surface area contributed by atoms with Crippen LogP contribution in [0.5, 0.6) is 0 Å². The van der Waals surface area contributed by atoms with Crippen LogP contribution in [0.3, 0.4) is 0 Å². The molecule has 1 aliphatic heterocycles. The van der Waals surface area contributed by atoms with E-state index in [0.717, 1.165) is 50.3 Å². The van der Waals surface area contributed by atoms with Crippen molar-refractivity contribution in [1.82, 2.24) is 15.5 Å². The molecule has 1 amide bonds. The molecule has 1 saturated carbocycles. The first-order chi connectivity index (χ1) is 14.4. The molecular formula is C22H34N4O3S. The summed E-state index contributed by atoms with van der Waals surface area (Å²) in [4.78, 5) is 19.4. The van der Waals surface area contributed by atoms with Gasteiger partial charge in [0.15, 0.2) is 15.8 Å². The van der Waals surface area contributed by atoms with Crippen molar-refractivity contribution in [1.29, 1.82) is 0 Å². The summed E-state index contributed by atoms with van der Waals surface area (Å²) in [5, 5.41) is 6.75. The molecule has 0 aromatic heterocycles. The monoisotopic (exact) mass is 434 g/mol. The molecule has 2 aliphatic rings. The number of likely N-dealkylation sites (tertiary alicyclic amines) is 1. The third-order valence-electron chi connectivity index (χ3n) is 6.08. The van der Waals surface area contributed by atoms with E-state index < -0.39 is 9.84 Å². The van der Waals surface area contributed by atoms with E-state index in [4.69, 9.17) is 0 Å². The van der Waals surface area contributed by atoms with Gasteiger partial charge in [0, 0.05) is 44.9 Å². The maximum Gasteiger partial charge on any atom is 0.225 e. The zero-order chi connectivity index (χ0) is 21.6. The molecule has 0 radical (unpaired) electrons. The minimum absolute atomic E-state index is 0.220. The van der Waals surface area contributed by atoms with Gasteiger partial charge in [-0.05, 0) is 43.4 Å². The fourth-order valence-electron chi connectivity index (χ4n) is 4.30. The molecule has 1 saturated heterocycles. The Labute approximate surface area is 180 Å². The summed E-state index contributed by atoms with van der Waals surface area (Å²) >= 11 is 0. The molecule has 2 N–H and O–H groups in total. The van der Waals surface area contributed by atoms with Gasteiger partial charge in [-0.25, -0.2) is 8.42 Å². The number of carbonyl (C=O) groups is 1. The number of hydrogen-bond acceptors (Lipinski definition) is 4. The highest BCUT2D eigenvalue weighted by Crippen LogP contribution is 2.26. The third-order valence-corrected chi connectivity index (χ3v) is 7.20. The van der Waals surface area contributed by atoms with Crippen molar-refractivity contribution in [2.45, 2.75) is 55.9 Å². The summed E-state index contributed by atoms with van der Waals surface area (Å²) in [7, 11) is -1.42. The van der Waals surface area contributed by atoms with Gasteiger partial charge in [-0.15, -0.1) is 0 Å². The summed E-state index contributed by atoms with van der Waals surface area (Å²) in [6.45, 7) is 2.25. The smallest absolute Gasteiger partial charge is 0.225 e. The van der Waals surface area contributed by atoms with E-state index in [9.17, 15) is 13.2 Å². The molecule has 30 heavy (non-hydrogen) atoms. The van der Waals surface area contributed by atoms with Crippen molar-refractivity contribution in [3.8, 4) is 0 Å². The summed E-state index contributed by atoms with van der Waals surface area (Å²) in [5.74, 6) is 1.29. The normalized spacial score (nSPS) is 20.9. The first kappa shape index (κ1) is 22.6. The van der Waals surface area contributed by atoms with E-state index in [1.807, 2.05) is 17.0 Å². The van der Waals surface area contributed by atoms with Crippen LogP contribution in [-0.2, 0) is 21.1 Å². The molecule has 1 aromatic carbocycles. The Kier molecular flexibility index (Phi) is 7.75. The van der Waals surface area contributed by atoms with E-state index in [1.54, 1.807) is 19.2 Å². The zero-order valence-electron chi connectivity index (χ0n) is 18.1. The van der Waals surface area contributed by atoms with Crippen LogP contribution < -0.4 is 10.6 Å². The number of amides is 1. The Morgan fingerprint density at radius 3 is 2.47 bits per heavy atom. The Bertz CT molecular complexity index is 846. The Hall–Kier alpha value is -2.09. The largest absolute Gasteiger partial charge is 0.356 e. The van der Waals surface area contributed by atoms with E-state index in [2.05, 4.69) is 15.6 Å². The fraction of sp³-hybridized carbons (Fsp3) is 0.636. The number of sulfone groups is 1. The predicted molar refractivity (Wildman–Crippen MR) is 119 cm³/mol. The van der Waals surface area contributed by atoms with E-state index in [-0.39, 0.29) is 12.0 Å². The lowest BCUT2D eigenvalue weighted by molar-refractivity contribution is -0.135. The second kappa shape index (κ2) is 10.3. The molecule has 7 nitrogen and oxygen atoms in total. The highest BCUT2D eigenvalue weighted by molar-refractivity contribution is 7.90. The first-order valence-corrected chi connectivity index (χ1v) is 12.8. The molecule has 8 heteroatoms. The van der Waals surface area contributed by atoms with Crippen molar-refractivity contribution < 1.29 is 13.2 Å². The van der Waals surface area contributed by atoms with E-state index in [1.165, 1.54) is 25.5 Å². The molecular weight excluding hydrogens is 400 g/mol. The summed E-state index contributed by atoms with van der Waals surface area (Å²) < 4.78 is 23.1. The standard InChI is InChI=1S/C22H34N4O3S/c1-23-22(24-14-12-17-8-10-20(11-9-17)30(2,28)29)25-19-13-15-26(16-19)21(27)18-6-4-3-5-7-18/h8-11,18-19H,3-7,12-16H2,1-2H3,(H2,23,24,25). The average molecular weight is 435 g/mol. The molecule has 3 rings (SSSR count). The molecule has 1 aliphatic carbocycles. The van der Waals surface area contributed by atoms with Gasteiger partial charge in [0.25, 0.3) is 0 Å². The zero-order valence-corrected chi connectivity index (χ0v) is 18.9. The van der Waals surface area contributed by atoms with Crippen LogP contribution in [-0.4, -0.2) is 64.2 Å². The molecule has 166 valence electrons. The second-order valence-corrected chi connectivity index (χ2v) is 10.4. The lowest BCUT2D eigenvalue weighted by atomic mass is 9.88. The number of rotatable bonds is 6. The first-order valence-electron chi connectivity index (χ1n) is 10.9. The van der Waals surface area contributed by atoms with Crippen LogP contribution >= 0.6 is 0 Å². The molecule has 1 unspecified atom stereocenters. The number of nitrogens with one attached hydrogen (secondary N) is 2. The maximum absolute atomic E-state index is 12.7. The van der Waals surface area contributed by atoms with Crippen LogP contribution in [0.1, 0.15) is 44.1 Å². The molecule has 0 spiro atoms. The fourth-order valence-corrected chi connectivity index (χ4v) is 4.93. The van der Waals surface area contributed by atoms with Crippen molar-refractivity contribution in [2.24, 2.45) is 10.9 Å². The number of aliphatic imine (C=N–C) groups is 1. The van der Waals surface area contributed by atoms with Crippen LogP contribution in [0.25, 0.3) is 0 Å². The van der Waals surface area contributed by atoms with Crippen LogP contribution in [0, 0.1) is 5.92 Å². The maximum atomic E-state index is 12.7. The minimum atomic E-state index is -3.16. The minimum Gasteiger partial charge on any atom is -0.356 e.